The fourth-order valence-electron chi connectivity index (χ4n) is 7.14. The Hall–Kier alpha value is -4.12. The summed E-state index contributed by atoms with van der Waals surface area (Å²) < 4.78 is 26.5. The maximum Gasteiger partial charge on any atom is 0.494 e. The highest BCUT2D eigenvalue weighted by Gasteiger charge is 2.54. The van der Waals surface area contributed by atoms with Gasteiger partial charge >= 0.3 is 7.12 Å². The van der Waals surface area contributed by atoms with Crippen molar-refractivity contribution in [2.75, 3.05) is 69.4 Å². The molecule has 3 aromatic heterocycles. The first-order valence-corrected chi connectivity index (χ1v) is 18.8. The van der Waals surface area contributed by atoms with Gasteiger partial charge in [-0.1, -0.05) is 23.7 Å². The largest absolute Gasteiger partial charge is 0.494 e. The van der Waals surface area contributed by atoms with Crippen LogP contribution in [0.25, 0.3) is 22.3 Å². The third kappa shape index (κ3) is 7.77. The van der Waals surface area contributed by atoms with Gasteiger partial charge in [-0.25, -0.2) is 9.97 Å². The molecule has 0 spiro atoms. The average molecular weight is 741 g/mol. The number of morpholine rings is 2. The van der Waals surface area contributed by atoms with Crippen LogP contribution in [0, 0.1) is 6.92 Å². The number of aromatic nitrogens is 7. The molecule has 0 bridgehead atoms. The van der Waals surface area contributed by atoms with Crippen molar-refractivity contribution in [2.24, 2.45) is 0 Å². The van der Waals surface area contributed by atoms with Crippen LogP contribution < -0.4 is 15.7 Å². The highest BCUT2D eigenvalue weighted by molar-refractivity contribution is 6.62. The van der Waals surface area contributed by atoms with E-state index in [9.17, 15) is 0 Å². The van der Waals surface area contributed by atoms with Crippen molar-refractivity contribution in [3.05, 3.63) is 65.2 Å². The molecule has 1 atom stereocenters. The Morgan fingerprint density at radius 2 is 1.64 bits per heavy atom. The van der Waals surface area contributed by atoms with Crippen LogP contribution in [0.2, 0.25) is 5.15 Å². The molecule has 6 heterocycles. The van der Waals surface area contributed by atoms with E-state index in [2.05, 4.69) is 85.9 Å². The molecule has 3 aliphatic rings. The minimum Gasteiger partial charge on any atom is -0.399 e. The summed E-state index contributed by atoms with van der Waals surface area (Å²) in [5, 5.41) is 17.4. The number of anilines is 3. The van der Waals surface area contributed by atoms with E-state index in [1.54, 1.807) is 6.07 Å². The van der Waals surface area contributed by atoms with E-state index in [0.717, 1.165) is 91.6 Å². The summed E-state index contributed by atoms with van der Waals surface area (Å²) in [4.78, 5) is 18.4. The zero-order valence-corrected chi connectivity index (χ0v) is 31.5. The molecule has 16 heteroatoms. The van der Waals surface area contributed by atoms with Crippen LogP contribution in [-0.2, 0) is 31.7 Å². The van der Waals surface area contributed by atoms with E-state index in [0.29, 0.717) is 48.8 Å². The summed E-state index contributed by atoms with van der Waals surface area (Å²) in [5.41, 5.74) is 3.77. The van der Waals surface area contributed by atoms with E-state index >= 15 is 0 Å². The first kappa shape index (κ1) is 35.9. The van der Waals surface area contributed by atoms with Crippen molar-refractivity contribution in [1.82, 2.24) is 39.8 Å². The molecule has 0 aliphatic carbocycles. The topological polar surface area (TPSA) is 141 Å². The average Bonchev–Trinajstić information content (AvgIpc) is 3.84. The molecule has 1 unspecified atom stereocenters. The molecule has 3 fully saturated rings. The van der Waals surface area contributed by atoms with E-state index in [4.69, 9.17) is 40.5 Å². The number of benzene rings is 2. The van der Waals surface area contributed by atoms with Gasteiger partial charge in [-0.2, -0.15) is 15.2 Å². The van der Waals surface area contributed by atoms with Gasteiger partial charge in [-0.15, -0.1) is 0 Å². The summed E-state index contributed by atoms with van der Waals surface area (Å²) in [6.07, 6.45) is 1.34. The van der Waals surface area contributed by atoms with Crippen molar-refractivity contribution in [3.8, 4) is 11.4 Å². The molecule has 2 aromatic carbocycles. The number of rotatable bonds is 11. The maximum absolute atomic E-state index is 6.76. The number of nitrogens with one attached hydrogen (secondary N) is 2. The van der Waals surface area contributed by atoms with Gasteiger partial charge in [0.15, 0.2) is 5.82 Å². The number of hydrogen-bond acceptors (Lipinski definition) is 12. The second-order valence-electron chi connectivity index (χ2n) is 14.6. The Labute approximate surface area is 314 Å². The van der Waals surface area contributed by atoms with Gasteiger partial charge in [0.05, 0.1) is 55.4 Å². The van der Waals surface area contributed by atoms with E-state index < -0.39 is 18.3 Å². The highest BCUT2D eigenvalue weighted by Crippen LogP contribution is 2.40. The normalized spacial score (nSPS) is 20.8. The monoisotopic (exact) mass is 740 g/mol. The van der Waals surface area contributed by atoms with Gasteiger partial charge in [0.1, 0.15) is 16.8 Å². The van der Waals surface area contributed by atoms with Crippen LogP contribution in [0.4, 0.5) is 17.5 Å². The van der Waals surface area contributed by atoms with E-state index in [1.165, 1.54) is 0 Å². The zero-order chi connectivity index (χ0) is 36.6. The van der Waals surface area contributed by atoms with E-state index in [1.807, 2.05) is 24.3 Å². The summed E-state index contributed by atoms with van der Waals surface area (Å²) in [7, 11) is -0.496. The molecular weight excluding hydrogens is 695 g/mol. The quantitative estimate of drug-likeness (QED) is 0.147. The fraction of sp³-hybridized carbons (Fsp3) is 0.486. The van der Waals surface area contributed by atoms with Crippen LogP contribution in [0.5, 0.6) is 0 Å². The number of ether oxygens (including phenoxy) is 2. The van der Waals surface area contributed by atoms with Crippen molar-refractivity contribution >= 4 is 52.5 Å². The van der Waals surface area contributed by atoms with Crippen molar-refractivity contribution < 1.29 is 18.8 Å². The van der Waals surface area contributed by atoms with Crippen LogP contribution in [-0.4, -0.2) is 117 Å². The molecule has 0 radical (unpaired) electrons. The molecule has 278 valence electrons. The Morgan fingerprint density at radius 3 is 2.42 bits per heavy atom. The minimum absolute atomic E-state index is 0.381. The first-order valence-electron chi connectivity index (χ1n) is 18.4. The standard InChI is InChI=1S/C37H46BClN10O4/c1-25-29-10-7-27(23-30(29)49(46-25)14-13-47-15-19-50-20-16-47)38-52-36(2,3)37(4,53-38)12-11-32-42-34(45-44-32)26-5-8-28(9-6-26)40-33-24-31(39)41-35(43-33)48-17-21-51-22-18-48/h5-10,23-24H,11-22H2,1-4H3,(H,40,41,43)(H,42,44,45). The molecule has 3 aliphatic heterocycles. The molecule has 14 nitrogen and oxygen atoms in total. The molecule has 2 N–H and O–H groups in total. The number of aromatic amines is 1. The Kier molecular flexibility index (Phi) is 10.1. The van der Waals surface area contributed by atoms with Crippen molar-refractivity contribution in [3.63, 3.8) is 0 Å². The van der Waals surface area contributed by atoms with Gasteiger partial charge < -0.3 is 29.0 Å². The molecular formula is C37H46BClN10O4. The predicted molar refractivity (Wildman–Crippen MR) is 205 cm³/mol. The second-order valence-corrected chi connectivity index (χ2v) is 15.0. The van der Waals surface area contributed by atoms with Crippen LogP contribution in [0.3, 0.4) is 0 Å². The van der Waals surface area contributed by atoms with Gasteiger partial charge in [-0.3, -0.25) is 14.7 Å². The minimum atomic E-state index is -0.565. The molecule has 53 heavy (non-hydrogen) atoms. The van der Waals surface area contributed by atoms with Crippen LogP contribution >= 0.6 is 11.6 Å². The number of hydrogen-bond donors (Lipinski definition) is 2. The first-order chi connectivity index (χ1) is 25.6. The lowest BCUT2D eigenvalue weighted by molar-refractivity contribution is -0.0155. The number of fused-ring (bicyclic) bond motifs is 1. The molecule has 3 saturated heterocycles. The molecule has 0 amide bonds. The summed E-state index contributed by atoms with van der Waals surface area (Å²) >= 11 is 6.33. The molecule has 0 saturated carbocycles. The fourth-order valence-corrected chi connectivity index (χ4v) is 7.32. The van der Waals surface area contributed by atoms with Gasteiger partial charge in [0.2, 0.25) is 5.95 Å². The smallest absolute Gasteiger partial charge is 0.399 e. The lowest BCUT2D eigenvalue weighted by Crippen LogP contribution is -2.45. The molecule has 5 aromatic rings. The Morgan fingerprint density at radius 1 is 0.887 bits per heavy atom. The summed E-state index contributed by atoms with van der Waals surface area (Å²) in [6.45, 7) is 16.4. The van der Waals surface area contributed by atoms with Crippen molar-refractivity contribution in [2.45, 2.75) is 58.3 Å². The number of halogens is 1. The maximum atomic E-state index is 6.76. The van der Waals surface area contributed by atoms with Gasteiger partial charge in [-0.05, 0) is 69.9 Å². The number of aryl methyl sites for hydroxylation is 2. The lowest BCUT2D eigenvalue weighted by atomic mass is 9.78. The number of H-pyrrole nitrogens is 1. The third-order valence-corrected chi connectivity index (χ3v) is 11.0. The van der Waals surface area contributed by atoms with Gasteiger partial charge in [0.25, 0.3) is 0 Å². The van der Waals surface area contributed by atoms with Crippen molar-refractivity contribution in [1.29, 1.82) is 0 Å². The molecule has 8 rings (SSSR count). The Bertz CT molecular complexity index is 2050. The van der Waals surface area contributed by atoms with Crippen LogP contribution in [0.1, 0.15) is 38.7 Å². The second kappa shape index (κ2) is 15.0. The predicted octanol–water partition coefficient (Wildman–Crippen LogP) is 4.40. The third-order valence-electron chi connectivity index (χ3n) is 10.8. The number of nitrogens with zero attached hydrogens (tertiary/aromatic N) is 8. The van der Waals surface area contributed by atoms with Crippen LogP contribution in [0.15, 0.2) is 48.5 Å². The summed E-state index contributed by atoms with van der Waals surface area (Å²) in [5.74, 6) is 2.63. The summed E-state index contributed by atoms with van der Waals surface area (Å²) in [6, 6.07) is 16.0. The highest BCUT2D eigenvalue weighted by atomic mass is 35.5. The SMILES string of the molecule is Cc1nn(CCN2CCOCC2)c2cc(B3OC(C)(C)C(C)(CCc4nc(-c5ccc(Nc6cc(Cl)nc(N7CCOCC7)n6)cc5)n[nH]4)O3)ccc12. The lowest BCUT2D eigenvalue weighted by Gasteiger charge is -2.36. The van der Waals surface area contributed by atoms with E-state index in [-0.39, 0.29) is 0 Å². The Balaban J connectivity index is 0.900. The zero-order valence-electron chi connectivity index (χ0n) is 30.8. The van der Waals surface area contributed by atoms with Gasteiger partial charge in [0, 0.05) is 61.8 Å².